The average molecular weight is 387 g/mol. The molecule has 0 radical (unpaired) electrons. The van der Waals surface area contributed by atoms with Crippen LogP contribution in [0.1, 0.15) is 73.6 Å². The van der Waals surface area contributed by atoms with Crippen molar-refractivity contribution in [2.75, 3.05) is 26.4 Å². The summed E-state index contributed by atoms with van der Waals surface area (Å²) in [5.41, 5.74) is 6.04. The summed E-state index contributed by atoms with van der Waals surface area (Å²) in [6, 6.07) is 12.1. The lowest BCUT2D eigenvalue weighted by molar-refractivity contribution is 0.257. The zero-order valence-electron chi connectivity index (χ0n) is 17.4. The van der Waals surface area contributed by atoms with Crippen molar-refractivity contribution >= 4 is 0 Å². The van der Waals surface area contributed by atoms with Gasteiger partial charge in [0.1, 0.15) is 0 Å². The zero-order chi connectivity index (χ0) is 20.8. The number of hydrogen-bond acceptors (Lipinski definition) is 4. The summed E-state index contributed by atoms with van der Waals surface area (Å²) in [5, 5.41) is 39.8. The molecule has 0 bridgehead atoms. The molecule has 4 heteroatoms. The second-order valence-corrected chi connectivity index (χ2v) is 7.96. The van der Waals surface area contributed by atoms with Crippen LogP contribution in [0.3, 0.4) is 0 Å². The Morgan fingerprint density at radius 1 is 0.607 bits per heavy atom. The highest BCUT2D eigenvalue weighted by molar-refractivity contribution is 5.75. The van der Waals surface area contributed by atoms with Gasteiger partial charge in [0.05, 0.1) is 0 Å². The Morgan fingerprint density at radius 3 is 1.57 bits per heavy atom. The highest BCUT2D eigenvalue weighted by Gasteiger charge is 2.28. The molecule has 0 spiro atoms. The fourth-order valence-corrected chi connectivity index (χ4v) is 3.93. The number of hydrogen-bond donors (Lipinski definition) is 4. The zero-order valence-corrected chi connectivity index (χ0v) is 17.4. The van der Waals surface area contributed by atoms with Crippen LogP contribution in [0.15, 0.2) is 36.4 Å². The lowest BCUT2D eigenvalue weighted by Crippen LogP contribution is -2.18. The Balaban J connectivity index is 3.01. The molecular weight excluding hydrogens is 352 g/mol. The van der Waals surface area contributed by atoms with Crippen molar-refractivity contribution in [1.29, 1.82) is 0 Å². The minimum atomic E-state index is -0.144. The van der Waals surface area contributed by atoms with Crippen LogP contribution in [-0.2, 0) is 0 Å². The van der Waals surface area contributed by atoms with Gasteiger partial charge in [-0.1, -0.05) is 64.1 Å². The van der Waals surface area contributed by atoms with Gasteiger partial charge >= 0.3 is 0 Å². The monoisotopic (exact) mass is 386 g/mol. The molecule has 0 aliphatic carbocycles. The van der Waals surface area contributed by atoms with Gasteiger partial charge < -0.3 is 20.4 Å². The maximum Gasteiger partial charge on any atom is 0.0497 e. The Morgan fingerprint density at radius 2 is 1.07 bits per heavy atom. The lowest BCUT2D eigenvalue weighted by atomic mass is 9.74. The molecular formula is C24H34O4. The van der Waals surface area contributed by atoms with Crippen molar-refractivity contribution in [3.8, 4) is 11.1 Å². The van der Waals surface area contributed by atoms with E-state index in [4.69, 9.17) is 0 Å². The first-order chi connectivity index (χ1) is 13.4. The standard InChI is InChI=1S/C24H34O4/c1-15(11-25)20-10-21(16(2)12-26)24(19-8-6-5-7-9-19)23(18(4)14-28)22(20)17(3)13-27/h5-10,15-18,25-28H,11-14H2,1-4H3. The van der Waals surface area contributed by atoms with Crippen LogP contribution in [-0.4, -0.2) is 46.9 Å². The molecule has 154 valence electrons. The molecule has 0 aliphatic heterocycles. The smallest absolute Gasteiger partial charge is 0.0497 e. The van der Waals surface area contributed by atoms with Crippen LogP contribution >= 0.6 is 0 Å². The molecule has 4 nitrogen and oxygen atoms in total. The van der Waals surface area contributed by atoms with Gasteiger partial charge in [0.15, 0.2) is 0 Å². The molecule has 0 saturated heterocycles. The van der Waals surface area contributed by atoms with Gasteiger partial charge in [-0.2, -0.15) is 0 Å². The summed E-state index contributed by atoms with van der Waals surface area (Å²) in [7, 11) is 0. The van der Waals surface area contributed by atoms with Crippen LogP contribution in [0, 0.1) is 0 Å². The number of benzene rings is 2. The number of rotatable bonds is 9. The molecule has 2 aromatic rings. The van der Waals surface area contributed by atoms with Gasteiger partial charge in [0.2, 0.25) is 0 Å². The normalized spacial score (nSPS) is 15.9. The van der Waals surface area contributed by atoms with Crippen LogP contribution < -0.4 is 0 Å². The van der Waals surface area contributed by atoms with Gasteiger partial charge in [-0.05, 0) is 33.4 Å². The number of aliphatic hydroxyl groups is 4. The molecule has 0 amide bonds. The van der Waals surface area contributed by atoms with E-state index in [9.17, 15) is 20.4 Å². The van der Waals surface area contributed by atoms with Crippen LogP contribution in [0.25, 0.3) is 11.1 Å². The van der Waals surface area contributed by atoms with Crippen LogP contribution in [0.2, 0.25) is 0 Å². The van der Waals surface area contributed by atoms with Gasteiger partial charge in [-0.15, -0.1) is 0 Å². The highest BCUT2D eigenvalue weighted by Crippen LogP contribution is 2.44. The average Bonchev–Trinajstić information content (AvgIpc) is 2.75. The van der Waals surface area contributed by atoms with Gasteiger partial charge in [0, 0.05) is 50.1 Å². The third kappa shape index (κ3) is 4.47. The van der Waals surface area contributed by atoms with Crippen molar-refractivity contribution < 1.29 is 20.4 Å². The second-order valence-electron chi connectivity index (χ2n) is 7.96. The molecule has 4 unspecified atom stereocenters. The lowest BCUT2D eigenvalue weighted by Gasteiger charge is -2.31. The molecule has 0 saturated carbocycles. The first kappa shape index (κ1) is 22.6. The predicted molar refractivity (Wildman–Crippen MR) is 114 cm³/mol. The van der Waals surface area contributed by atoms with E-state index < -0.39 is 0 Å². The quantitative estimate of drug-likeness (QED) is 0.529. The van der Waals surface area contributed by atoms with Crippen molar-refractivity contribution in [3.63, 3.8) is 0 Å². The molecule has 0 aliphatic rings. The summed E-state index contributed by atoms with van der Waals surface area (Å²) >= 11 is 0. The van der Waals surface area contributed by atoms with E-state index >= 15 is 0 Å². The van der Waals surface area contributed by atoms with Crippen LogP contribution in [0.4, 0.5) is 0 Å². The summed E-state index contributed by atoms with van der Waals surface area (Å²) in [4.78, 5) is 0. The summed E-state index contributed by atoms with van der Waals surface area (Å²) in [5.74, 6) is -0.477. The molecule has 4 N–H and O–H groups in total. The second kappa shape index (κ2) is 10.2. The SMILES string of the molecule is CC(CO)c1cc(C(C)CO)c(C(C)CO)c(C(C)CO)c1-c1ccccc1. The van der Waals surface area contributed by atoms with Crippen molar-refractivity contribution in [2.45, 2.75) is 51.4 Å². The Bertz CT molecular complexity index is 757. The van der Waals surface area contributed by atoms with E-state index in [0.29, 0.717) is 0 Å². The predicted octanol–water partition coefficient (Wildman–Crippen LogP) is 3.74. The van der Waals surface area contributed by atoms with Crippen molar-refractivity contribution in [3.05, 3.63) is 58.7 Å². The van der Waals surface area contributed by atoms with Gasteiger partial charge in [0.25, 0.3) is 0 Å². The minimum absolute atomic E-state index is 0.00424. The first-order valence-corrected chi connectivity index (χ1v) is 10.1. The Hall–Kier alpha value is -1.72. The largest absolute Gasteiger partial charge is 0.396 e. The third-order valence-electron chi connectivity index (χ3n) is 5.68. The van der Waals surface area contributed by atoms with E-state index in [1.807, 2.05) is 58.0 Å². The van der Waals surface area contributed by atoms with Gasteiger partial charge in [-0.25, -0.2) is 0 Å². The fraction of sp³-hybridized carbons (Fsp3) is 0.500. The number of aliphatic hydroxyl groups excluding tert-OH is 4. The Labute approximate surface area is 168 Å². The Kier molecular flexibility index (Phi) is 8.20. The third-order valence-corrected chi connectivity index (χ3v) is 5.68. The fourth-order valence-electron chi connectivity index (χ4n) is 3.93. The molecule has 0 heterocycles. The van der Waals surface area contributed by atoms with E-state index in [0.717, 1.165) is 33.4 Å². The summed E-state index contributed by atoms with van der Waals surface area (Å²) in [6.07, 6.45) is 0. The molecule has 2 rings (SSSR count). The molecule has 2 aromatic carbocycles. The van der Waals surface area contributed by atoms with E-state index in [1.165, 1.54) is 0 Å². The highest BCUT2D eigenvalue weighted by atomic mass is 16.3. The van der Waals surface area contributed by atoms with Crippen LogP contribution in [0.5, 0.6) is 0 Å². The van der Waals surface area contributed by atoms with Crippen molar-refractivity contribution in [1.82, 2.24) is 0 Å². The molecule has 0 fully saturated rings. The summed E-state index contributed by atoms with van der Waals surface area (Å²) in [6.45, 7) is 7.87. The maximum atomic E-state index is 10.1. The van der Waals surface area contributed by atoms with E-state index in [1.54, 1.807) is 0 Å². The summed E-state index contributed by atoms with van der Waals surface area (Å²) < 4.78 is 0. The van der Waals surface area contributed by atoms with E-state index in [-0.39, 0.29) is 50.1 Å². The van der Waals surface area contributed by atoms with Gasteiger partial charge in [-0.3, -0.25) is 0 Å². The maximum absolute atomic E-state index is 10.1. The molecule has 4 atom stereocenters. The minimum Gasteiger partial charge on any atom is -0.396 e. The molecule has 28 heavy (non-hydrogen) atoms. The topological polar surface area (TPSA) is 80.9 Å². The molecule has 0 aromatic heterocycles. The first-order valence-electron chi connectivity index (χ1n) is 10.1. The van der Waals surface area contributed by atoms with Crippen molar-refractivity contribution in [2.24, 2.45) is 0 Å². The van der Waals surface area contributed by atoms with E-state index in [2.05, 4.69) is 6.07 Å².